The third kappa shape index (κ3) is 4.44. The van der Waals surface area contributed by atoms with E-state index in [4.69, 9.17) is 9.15 Å². The summed E-state index contributed by atoms with van der Waals surface area (Å²) < 4.78 is 11.2. The van der Waals surface area contributed by atoms with Gasteiger partial charge in [0.25, 0.3) is 0 Å². The molecule has 140 valence electrons. The summed E-state index contributed by atoms with van der Waals surface area (Å²) in [6, 6.07) is 32.9. The van der Waals surface area contributed by atoms with Crippen LogP contribution in [0.5, 0.6) is 5.75 Å². The molecule has 0 N–H and O–H groups in total. The zero-order valence-electron chi connectivity index (χ0n) is 15.7. The molecule has 0 saturated carbocycles. The Morgan fingerprint density at radius 3 is 1.82 bits per heavy atom. The average Bonchev–Trinajstić information content (AvgIpc) is 3.28. The molecule has 0 aliphatic carbocycles. The fourth-order valence-electron chi connectivity index (χ4n) is 3.18. The predicted octanol–water partition coefficient (Wildman–Crippen LogP) is 6.76. The van der Waals surface area contributed by atoms with Crippen LogP contribution in [-0.2, 0) is 6.42 Å². The predicted molar refractivity (Wildman–Crippen MR) is 114 cm³/mol. The summed E-state index contributed by atoms with van der Waals surface area (Å²) >= 11 is 0. The van der Waals surface area contributed by atoms with Crippen LogP contribution in [0.2, 0.25) is 0 Å². The molecule has 0 amide bonds. The maximum Gasteiger partial charge on any atom is 0.119 e. The Hall–Kier alpha value is -3.46. The van der Waals surface area contributed by atoms with Crippen molar-refractivity contribution in [2.45, 2.75) is 12.8 Å². The number of nitrogens with zero attached hydrogens (tertiary/aromatic N) is 1. The first-order valence-electron chi connectivity index (χ1n) is 9.56. The maximum atomic E-state index is 5.89. The Bertz CT molecular complexity index is 909. The standard InChI is InChI=1S/C25H23NO2/c1-3-9-21(10-4-1)26(22-11-5-2-6-12-22)23-15-17-25(18-16-23)28-20-8-14-24-13-7-19-27-24/h1-7,9-13,15-19H,8,14,20H2. The van der Waals surface area contributed by atoms with Gasteiger partial charge in [0.05, 0.1) is 12.9 Å². The van der Waals surface area contributed by atoms with Gasteiger partial charge in [-0.2, -0.15) is 0 Å². The number of aryl methyl sites for hydroxylation is 1. The minimum atomic E-state index is 0.668. The smallest absolute Gasteiger partial charge is 0.119 e. The van der Waals surface area contributed by atoms with E-state index in [0.29, 0.717) is 6.61 Å². The summed E-state index contributed by atoms with van der Waals surface area (Å²) in [7, 11) is 0. The van der Waals surface area contributed by atoms with E-state index in [9.17, 15) is 0 Å². The SMILES string of the molecule is c1ccc(N(c2ccccc2)c2ccc(OCCCc3ccco3)cc2)cc1. The van der Waals surface area contributed by atoms with Crippen molar-refractivity contribution in [1.29, 1.82) is 0 Å². The molecule has 28 heavy (non-hydrogen) atoms. The molecule has 1 heterocycles. The number of ether oxygens (including phenoxy) is 1. The van der Waals surface area contributed by atoms with Crippen LogP contribution >= 0.6 is 0 Å². The highest BCUT2D eigenvalue weighted by Gasteiger charge is 2.11. The zero-order chi connectivity index (χ0) is 19.0. The van der Waals surface area contributed by atoms with Crippen LogP contribution in [0, 0.1) is 0 Å². The first-order chi connectivity index (χ1) is 13.9. The van der Waals surface area contributed by atoms with Gasteiger partial charge in [-0.1, -0.05) is 36.4 Å². The van der Waals surface area contributed by atoms with Crippen molar-refractivity contribution in [2.24, 2.45) is 0 Å². The maximum absolute atomic E-state index is 5.89. The molecule has 3 heteroatoms. The van der Waals surface area contributed by atoms with Crippen molar-refractivity contribution in [3.8, 4) is 5.75 Å². The van der Waals surface area contributed by atoms with Gasteiger partial charge >= 0.3 is 0 Å². The van der Waals surface area contributed by atoms with E-state index in [-0.39, 0.29) is 0 Å². The number of para-hydroxylation sites is 2. The normalized spacial score (nSPS) is 10.6. The molecule has 0 fully saturated rings. The molecule has 4 rings (SSSR count). The van der Waals surface area contributed by atoms with Gasteiger partial charge < -0.3 is 14.1 Å². The van der Waals surface area contributed by atoms with Crippen LogP contribution in [0.4, 0.5) is 17.1 Å². The fraction of sp³-hybridized carbons (Fsp3) is 0.120. The summed E-state index contributed by atoms with van der Waals surface area (Å²) in [4.78, 5) is 2.24. The van der Waals surface area contributed by atoms with E-state index in [1.807, 2.05) is 36.4 Å². The van der Waals surface area contributed by atoms with Gasteiger partial charge in [-0.3, -0.25) is 0 Å². The molecular weight excluding hydrogens is 346 g/mol. The Kier molecular flexibility index (Phi) is 5.74. The first-order valence-corrected chi connectivity index (χ1v) is 9.56. The van der Waals surface area contributed by atoms with Crippen molar-refractivity contribution in [2.75, 3.05) is 11.5 Å². The highest BCUT2D eigenvalue weighted by atomic mass is 16.5. The van der Waals surface area contributed by atoms with Crippen LogP contribution in [0.15, 0.2) is 108 Å². The summed E-state index contributed by atoms with van der Waals surface area (Å²) in [5.74, 6) is 1.88. The van der Waals surface area contributed by atoms with Crippen LogP contribution in [0.1, 0.15) is 12.2 Å². The summed E-state index contributed by atoms with van der Waals surface area (Å²) in [5.41, 5.74) is 3.35. The van der Waals surface area contributed by atoms with Gasteiger partial charge in [0, 0.05) is 23.5 Å². The molecule has 0 atom stereocenters. The highest BCUT2D eigenvalue weighted by molar-refractivity contribution is 5.76. The first kappa shape index (κ1) is 17.9. The van der Waals surface area contributed by atoms with Gasteiger partial charge in [-0.15, -0.1) is 0 Å². The van der Waals surface area contributed by atoms with E-state index in [1.54, 1.807) is 6.26 Å². The number of rotatable bonds is 8. The van der Waals surface area contributed by atoms with Crippen LogP contribution < -0.4 is 9.64 Å². The van der Waals surface area contributed by atoms with E-state index in [2.05, 4.69) is 65.6 Å². The summed E-state index contributed by atoms with van der Waals surface area (Å²) in [6.07, 6.45) is 3.52. The molecule has 0 bridgehead atoms. The molecule has 0 saturated heterocycles. The summed E-state index contributed by atoms with van der Waals surface area (Å²) in [5, 5.41) is 0. The topological polar surface area (TPSA) is 25.6 Å². The van der Waals surface area contributed by atoms with Gasteiger partial charge in [-0.25, -0.2) is 0 Å². The van der Waals surface area contributed by atoms with Crippen molar-refractivity contribution in [3.05, 3.63) is 109 Å². The van der Waals surface area contributed by atoms with Gasteiger partial charge in [0.15, 0.2) is 0 Å². The lowest BCUT2D eigenvalue weighted by atomic mass is 10.2. The lowest BCUT2D eigenvalue weighted by Crippen LogP contribution is -2.09. The van der Waals surface area contributed by atoms with E-state index < -0.39 is 0 Å². The molecule has 0 radical (unpaired) electrons. The molecule has 4 aromatic rings. The fourth-order valence-corrected chi connectivity index (χ4v) is 3.18. The monoisotopic (exact) mass is 369 g/mol. The second kappa shape index (κ2) is 8.96. The van der Waals surface area contributed by atoms with Crippen molar-refractivity contribution >= 4 is 17.1 Å². The van der Waals surface area contributed by atoms with Crippen molar-refractivity contribution in [1.82, 2.24) is 0 Å². The van der Waals surface area contributed by atoms with E-state index >= 15 is 0 Å². The second-order valence-corrected chi connectivity index (χ2v) is 6.53. The molecular formula is C25H23NO2. The zero-order valence-corrected chi connectivity index (χ0v) is 15.7. The molecule has 0 spiro atoms. The molecule has 3 nitrogen and oxygen atoms in total. The van der Waals surface area contributed by atoms with Crippen LogP contribution in [0.25, 0.3) is 0 Å². The van der Waals surface area contributed by atoms with Crippen molar-refractivity contribution < 1.29 is 9.15 Å². The lowest BCUT2D eigenvalue weighted by Gasteiger charge is -2.25. The number of benzene rings is 3. The minimum absolute atomic E-state index is 0.668. The number of furan rings is 1. The third-order valence-corrected chi connectivity index (χ3v) is 4.54. The number of hydrogen-bond acceptors (Lipinski definition) is 3. The lowest BCUT2D eigenvalue weighted by molar-refractivity contribution is 0.306. The Morgan fingerprint density at radius 2 is 1.25 bits per heavy atom. The molecule has 1 aromatic heterocycles. The summed E-state index contributed by atoms with van der Waals surface area (Å²) in [6.45, 7) is 0.668. The van der Waals surface area contributed by atoms with Gasteiger partial charge in [0.2, 0.25) is 0 Å². The Labute approximate surface area is 165 Å². The number of hydrogen-bond donors (Lipinski definition) is 0. The average molecular weight is 369 g/mol. The molecule has 0 aliphatic heterocycles. The Morgan fingerprint density at radius 1 is 0.643 bits per heavy atom. The quantitative estimate of drug-likeness (QED) is 0.321. The Balaban J connectivity index is 1.45. The van der Waals surface area contributed by atoms with Crippen molar-refractivity contribution in [3.63, 3.8) is 0 Å². The third-order valence-electron chi connectivity index (χ3n) is 4.54. The van der Waals surface area contributed by atoms with Crippen LogP contribution in [-0.4, -0.2) is 6.61 Å². The molecule has 0 aliphatic rings. The van der Waals surface area contributed by atoms with Crippen LogP contribution in [0.3, 0.4) is 0 Å². The molecule has 0 unspecified atom stereocenters. The largest absolute Gasteiger partial charge is 0.494 e. The number of anilines is 3. The minimum Gasteiger partial charge on any atom is -0.494 e. The van der Waals surface area contributed by atoms with Gasteiger partial charge in [-0.05, 0) is 67.1 Å². The van der Waals surface area contributed by atoms with Gasteiger partial charge in [0.1, 0.15) is 11.5 Å². The van der Waals surface area contributed by atoms with E-state index in [1.165, 1.54) is 0 Å². The second-order valence-electron chi connectivity index (χ2n) is 6.53. The molecule has 3 aromatic carbocycles. The highest BCUT2D eigenvalue weighted by Crippen LogP contribution is 2.34. The van der Waals surface area contributed by atoms with E-state index in [0.717, 1.165) is 41.4 Å².